The zero-order chi connectivity index (χ0) is 13.8. The van der Waals surface area contributed by atoms with Crippen LogP contribution < -0.4 is 5.32 Å². The topological polar surface area (TPSA) is 37.8 Å². The average Bonchev–Trinajstić information content (AvgIpc) is 2.74. The number of aryl methyl sites for hydroxylation is 1. The maximum atomic E-state index is 4.54. The van der Waals surface area contributed by atoms with Gasteiger partial charge >= 0.3 is 0 Å². The van der Waals surface area contributed by atoms with Gasteiger partial charge in [0.2, 0.25) is 0 Å². The summed E-state index contributed by atoms with van der Waals surface area (Å²) in [5.41, 5.74) is 2.69. The number of hydrogen-bond donors (Lipinski definition) is 1. The molecule has 3 rings (SSSR count). The Balaban J connectivity index is 1.69. The molecule has 0 radical (unpaired) electrons. The van der Waals surface area contributed by atoms with Crippen molar-refractivity contribution >= 4 is 17.6 Å². The van der Waals surface area contributed by atoms with E-state index in [4.69, 9.17) is 0 Å². The summed E-state index contributed by atoms with van der Waals surface area (Å²) >= 11 is 2.11. The van der Waals surface area contributed by atoms with Gasteiger partial charge in [0.15, 0.2) is 0 Å². The van der Waals surface area contributed by atoms with Gasteiger partial charge in [0, 0.05) is 22.5 Å². The number of nitrogens with zero attached hydrogens (tertiary/aromatic N) is 2. The Morgan fingerprint density at radius 2 is 2.10 bits per heavy atom. The van der Waals surface area contributed by atoms with Crippen LogP contribution >= 0.6 is 11.8 Å². The molecule has 1 aromatic heterocycles. The van der Waals surface area contributed by atoms with Crippen LogP contribution in [0.25, 0.3) is 0 Å². The zero-order valence-electron chi connectivity index (χ0n) is 12.4. The second kappa shape index (κ2) is 6.79. The number of aromatic nitrogens is 2. The molecule has 20 heavy (non-hydrogen) atoms. The predicted molar refractivity (Wildman–Crippen MR) is 86.5 cm³/mol. The lowest BCUT2D eigenvalue weighted by atomic mass is 10.1. The Bertz CT molecular complexity index is 449. The van der Waals surface area contributed by atoms with E-state index >= 15 is 0 Å². The van der Waals surface area contributed by atoms with Gasteiger partial charge in [-0.25, -0.2) is 9.97 Å². The second-order valence-electron chi connectivity index (χ2n) is 5.94. The van der Waals surface area contributed by atoms with E-state index in [-0.39, 0.29) is 0 Å². The average molecular weight is 291 g/mol. The monoisotopic (exact) mass is 291 g/mol. The molecule has 1 saturated carbocycles. The highest BCUT2D eigenvalue weighted by molar-refractivity contribution is 7.99. The molecule has 1 aromatic rings. The fourth-order valence-corrected chi connectivity index (χ4v) is 4.62. The third-order valence-corrected chi connectivity index (χ3v) is 5.74. The Hall–Kier alpha value is -0.770. The highest BCUT2D eigenvalue weighted by atomic mass is 32.2. The molecular formula is C16H25N3S. The molecular weight excluding hydrogens is 266 g/mol. The summed E-state index contributed by atoms with van der Waals surface area (Å²) in [6, 6.07) is 0.612. The largest absolute Gasteiger partial charge is 0.367 e. The molecule has 0 aromatic carbocycles. The number of hydrogen-bond acceptors (Lipinski definition) is 4. The molecule has 3 nitrogen and oxygen atoms in total. The van der Waals surface area contributed by atoms with E-state index in [1.807, 2.05) is 0 Å². The summed E-state index contributed by atoms with van der Waals surface area (Å²) in [5.74, 6) is 2.37. The predicted octanol–water partition coefficient (Wildman–Crippen LogP) is 3.83. The van der Waals surface area contributed by atoms with E-state index in [0.717, 1.165) is 23.9 Å². The van der Waals surface area contributed by atoms with Crippen molar-refractivity contribution in [3.8, 4) is 0 Å². The van der Waals surface area contributed by atoms with Crippen molar-refractivity contribution in [3.63, 3.8) is 0 Å². The highest BCUT2D eigenvalue weighted by Crippen LogP contribution is 2.32. The fraction of sp³-hybridized carbons (Fsp3) is 0.750. The van der Waals surface area contributed by atoms with Crippen LogP contribution in [0.1, 0.15) is 56.7 Å². The standard InChI is InChI=1S/C16H25N3S/c1-2-20-13-9-8-12(10-13)19-16-14-6-4-3-5-7-15(14)17-11-18-16/h11-13H,2-10H2,1H3,(H,17,18,19). The summed E-state index contributed by atoms with van der Waals surface area (Å²) in [7, 11) is 0. The molecule has 2 unspecified atom stereocenters. The van der Waals surface area contributed by atoms with Crippen LogP contribution in [-0.4, -0.2) is 27.0 Å². The van der Waals surface area contributed by atoms with Crippen LogP contribution in [0.5, 0.6) is 0 Å². The molecule has 4 heteroatoms. The van der Waals surface area contributed by atoms with Crippen LogP contribution in [0, 0.1) is 0 Å². The quantitative estimate of drug-likeness (QED) is 0.856. The van der Waals surface area contributed by atoms with Crippen molar-refractivity contribution in [1.29, 1.82) is 0 Å². The normalized spacial score (nSPS) is 26.1. The summed E-state index contributed by atoms with van der Waals surface area (Å²) in [6.45, 7) is 2.26. The van der Waals surface area contributed by atoms with Gasteiger partial charge in [-0.2, -0.15) is 11.8 Å². The lowest BCUT2D eigenvalue weighted by molar-refractivity contribution is 0.708. The van der Waals surface area contributed by atoms with Crippen molar-refractivity contribution in [2.75, 3.05) is 11.1 Å². The zero-order valence-corrected chi connectivity index (χ0v) is 13.2. The first-order valence-electron chi connectivity index (χ1n) is 8.07. The van der Waals surface area contributed by atoms with Gasteiger partial charge in [-0.05, 0) is 50.7 Å². The third kappa shape index (κ3) is 3.27. The fourth-order valence-electron chi connectivity index (χ4n) is 3.47. The van der Waals surface area contributed by atoms with E-state index < -0.39 is 0 Å². The number of fused-ring (bicyclic) bond motifs is 1. The van der Waals surface area contributed by atoms with Crippen LogP contribution in [0.4, 0.5) is 5.82 Å². The minimum absolute atomic E-state index is 0.612. The molecule has 0 saturated heterocycles. The smallest absolute Gasteiger partial charge is 0.133 e. The first-order valence-corrected chi connectivity index (χ1v) is 9.12. The van der Waals surface area contributed by atoms with Gasteiger partial charge in [0.1, 0.15) is 12.1 Å². The summed E-state index contributed by atoms with van der Waals surface area (Å²) < 4.78 is 0. The molecule has 0 amide bonds. The number of thioether (sulfide) groups is 1. The SMILES string of the molecule is CCSC1CCC(Nc2ncnc3c2CCCCC3)C1. The van der Waals surface area contributed by atoms with Gasteiger partial charge in [-0.15, -0.1) is 0 Å². The second-order valence-corrected chi connectivity index (χ2v) is 7.52. The Morgan fingerprint density at radius 3 is 3.00 bits per heavy atom. The van der Waals surface area contributed by atoms with Crippen LogP contribution in [0.15, 0.2) is 6.33 Å². The van der Waals surface area contributed by atoms with E-state index in [2.05, 4.69) is 34.0 Å². The Kier molecular flexibility index (Phi) is 4.81. The molecule has 2 atom stereocenters. The van der Waals surface area contributed by atoms with E-state index in [1.54, 1.807) is 6.33 Å². The minimum Gasteiger partial charge on any atom is -0.367 e. The van der Waals surface area contributed by atoms with Crippen molar-refractivity contribution in [1.82, 2.24) is 9.97 Å². The summed E-state index contributed by atoms with van der Waals surface area (Å²) in [5, 5.41) is 4.57. The molecule has 110 valence electrons. The van der Waals surface area contributed by atoms with Gasteiger partial charge < -0.3 is 5.32 Å². The van der Waals surface area contributed by atoms with Gasteiger partial charge in [-0.3, -0.25) is 0 Å². The van der Waals surface area contributed by atoms with Crippen molar-refractivity contribution in [2.24, 2.45) is 0 Å². The molecule has 1 heterocycles. The number of nitrogens with one attached hydrogen (secondary N) is 1. The number of rotatable bonds is 4. The van der Waals surface area contributed by atoms with Crippen molar-refractivity contribution < 1.29 is 0 Å². The lowest BCUT2D eigenvalue weighted by Crippen LogP contribution is -2.19. The molecule has 0 aliphatic heterocycles. The first kappa shape index (κ1) is 14.2. The highest BCUT2D eigenvalue weighted by Gasteiger charge is 2.26. The number of anilines is 1. The Morgan fingerprint density at radius 1 is 1.20 bits per heavy atom. The van der Waals surface area contributed by atoms with Crippen LogP contribution in [-0.2, 0) is 12.8 Å². The molecule has 0 bridgehead atoms. The van der Waals surface area contributed by atoms with Gasteiger partial charge in [0.25, 0.3) is 0 Å². The van der Waals surface area contributed by atoms with E-state index in [0.29, 0.717) is 6.04 Å². The molecule has 1 N–H and O–H groups in total. The first-order chi connectivity index (χ1) is 9.86. The van der Waals surface area contributed by atoms with Crippen LogP contribution in [0.3, 0.4) is 0 Å². The molecule has 1 fully saturated rings. The third-order valence-electron chi connectivity index (χ3n) is 4.50. The summed E-state index contributed by atoms with van der Waals surface area (Å²) in [4.78, 5) is 9.04. The molecule has 2 aliphatic rings. The van der Waals surface area contributed by atoms with Gasteiger partial charge in [0.05, 0.1) is 0 Å². The van der Waals surface area contributed by atoms with Crippen LogP contribution in [0.2, 0.25) is 0 Å². The Labute approximate surface area is 126 Å². The molecule has 2 aliphatic carbocycles. The molecule has 0 spiro atoms. The van der Waals surface area contributed by atoms with E-state index in [1.165, 1.54) is 55.5 Å². The maximum Gasteiger partial charge on any atom is 0.133 e. The minimum atomic E-state index is 0.612. The van der Waals surface area contributed by atoms with Crippen molar-refractivity contribution in [2.45, 2.75) is 69.6 Å². The van der Waals surface area contributed by atoms with E-state index in [9.17, 15) is 0 Å². The maximum absolute atomic E-state index is 4.54. The lowest BCUT2D eigenvalue weighted by Gasteiger charge is -2.17. The van der Waals surface area contributed by atoms with Crippen molar-refractivity contribution in [3.05, 3.63) is 17.6 Å². The van der Waals surface area contributed by atoms with Gasteiger partial charge in [-0.1, -0.05) is 13.3 Å². The summed E-state index contributed by atoms with van der Waals surface area (Å²) in [6.07, 6.45) is 11.9.